The van der Waals surface area contributed by atoms with Crippen molar-refractivity contribution in [3.8, 4) is 5.88 Å². The second-order valence-electron chi connectivity index (χ2n) is 5.30. The molecule has 1 fully saturated rings. The Bertz CT molecular complexity index is 393. The van der Waals surface area contributed by atoms with Crippen LogP contribution in [-0.2, 0) is 0 Å². The molecule has 5 nitrogen and oxygen atoms in total. The average Bonchev–Trinajstić information content (AvgIpc) is 2.52. The maximum atomic E-state index is 5.57. The van der Waals surface area contributed by atoms with Crippen LogP contribution in [0.4, 0.5) is 5.82 Å². The first-order valence-corrected chi connectivity index (χ1v) is 7.74. The van der Waals surface area contributed by atoms with E-state index in [0.29, 0.717) is 12.5 Å². The van der Waals surface area contributed by atoms with Crippen LogP contribution in [0.3, 0.4) is 0 Å². The third-order valence-corrected chi connectivity index (χ3v) is 3.70. The first-order valence-electron chi connectivity index (χ1n) is 7.74. The summed E-state index contributed by atoms with van der Waals surface area (Å²) in [7, 11) is 0. The van der Waals surface area contributed by atoms with E-state index in [2.05, 4.69) is 34.0 Å². The van der Waals surface area contributed by atoms with E-state index in [9.17, 15) is 0 Å². The zero-order chi connectivity index (χ0) is 14.2. The van der Waals surface area contributed by atoms with Crippen LogP contribution >= 0.6 is 0 Å². The standard InChI is InChI=1S/C15H26N4O/c1-3-9-20-15-11-17-10-14(18-15)19(4-2)12-13-5-7-16-8-6-13/h10-11,13,16H,3-9,12H2,1-2H3. The molecule has 0 aromatic carbocycles. The fourth-order valence-corrected chi connectivity index (χ4v) is 2.53. The van der Waals surface area contributed by atoms with Gasteiger partial charge in [-0.1, -0.05) is 6.92 Å². The van der Waals surface area contributed by atoms with Crippen LogP contribution in [0.5, 0.6) is 5.88 Å². The second-order valence-corrected chi connectivity index (χ2v) is 5.30. The summed E-state index contributed by atoms with van der Waals surface area (Å²) < 4.78 is 5.57. The maximum absolute atomic E-state index is 5.57. The van der Waals surface area contributed by atoms with Gasteiger partial charge in [0.25, 0.3) is 0 Å². The van der Waals surface area contributed by atoms with E-state index in [-0.39, 0.29) is 0 Å². The predicted octanol–water partition coefficient (Wildman–Crippen LogP) is 2.09. The van der Waals surface area contributed by atoms with Crippen molar-refractivity contribution in [3.05, 3.63) is 12.4 Å². The number of ether oxygens (including phenoxy) is 1. The molecule has 2 heterocycles. The van der Waals surface area contributed by atoms with Gasteiger partial charge < -0.3 is 15.0 Å². The van der Waals surface area contributed by atoms with Crippen LogP contribution in [0.25, 0.3) is 0 Å². The van der Waals surface area contributed by atoms with Crippen molar-refractivity contribution >= 4 is 5.82 Å². The Labute approximate surface area is 121 Å². The minimum atomic E-state index is 0.633. The molecule has 0 aliphatic carbocycles. The summed E-state index contributed by atoms with van der Waals surface area (Å²) in [4.78, 5) is 11.1. The van der Waals surface area contributed by atoms with Gasteiger partial charge in [0.1, 0.15) is 0 Å². The molecule has 0 radical (unpaired) electrons. The number of hydrogen-bond donors (Lipinski definition) is 1. The molecule has 0 saturated carbocycles. The minimum Gasteiger partial charge on any atom is -0.477 e. The van der Waals surface area contributed by atoms with Crippen molar-refractivity contribution in [2.45, 2.75) is 33.1 Å². The molecule has 0 unspecified atom stereocenters. The van der Waals surface area contributed by atoms with Crippen molar-refractivity contribution in [2.75, 3.05) is 37.7 Å². The lowest BCUT2D eigenvalue weighted by Crippen LogP contribution is -2.36. The van der Waals surface area contributed by atoms with E-state index in [0.717, 1.165) is 44.3 Å². The molecule has 20 heavy (non-hydrogen) atoms. The molecule has 1 aromatic rings. The van der Waals surface area contributed by atoms with Gasteiger partial charge in [0.15, 0.2) is 5.82 Å². The van der Waals surface area contributed by atoms with Crippen LogP contribution in [0.1, 0.15) is 33.1 Å². The van der Waals surface area contributed by atoms with Gasteiger partial charge in [-0.15, -0.1) is 0 Å². The molecule has 0 spiro atoms. The highest BCUT2D eigenvalue weighted by atomic mass is 16.5. The van der Waals surface area contributed by atoms with Crippen molar-refractivity contribution < 1.29 is 4.74 Å². The first-order chi connectivity index (χ1) is 9.83. The molecular formula is C15H26N4O. The van der Waals surface area contributed by atoms with E-state index in [1.807, 2.05) is 6.20 Å². The van der Waals surface area contributed by atoms with Crippen LogP contribution in [0.15, 0.2) is 12.4 Å². The van der Waals surface area contributed by atoms with Gasteiger partial charge in [-0.25, -0.2) is 0 Å². The second kappa shape index (κ2) is 8.04. The van der Waals surface area contributed by atoms with Gasteiger partial charge in [-0.2, -0.15) is 4.98 Å². The SMILES string of the molecule is CCCOc1cncc(N(CC)CC2CCNCC2)n1. The molecular weight excluding hydrogens is 252 g/mol. The Kier molecular flexibility index (Phi) is 6.05. The van der Waals surface area contributed by atoms with E-state index in [1.165, 1.54) is 12.8 Å². The zero-order valence-electron chi connectivity index (χ0n) is 12.6. The lowest BCUT2D eigenvalue weighted by atomic mass is 9.97. The monoisotopic (exact) mass is 278 g/mol. The third kappa shape index (κ3) is 4.34. The number of nitrogens with zero attached hydrogens (tertiary/aromatic N) is 3. The molecule has 5 heteroatoms. The molecule has 1 aromatic heterocycles. The summed E-state index contributed by atoms with van der Waals surface area (Å²) in [5, 5.41) is 3.41. The van der Waals surface area contributed by atoms with Gasteiger partial charge in [0.2, 0.25) is 5.88 Å². The molecule has 0 atom stereocenters. The molecule has 112 valence electrons. The topological polar surface area (TPSA) is 50.3 Å². The molecule has 1 N–H and O–H groups in total. The maximum Gasteiger partial charge on any atom is 0.234 e. The smallest absolute Gasteiger partial charge is 0.234 e. The van der Waals surface area contributed by atoms with Crippen molar-refractivity contribution in [1.82, 2.24) is 15.3 Å². The Morgan fingerprint density at radius 3 is 2.80 bits per heavy atom. The van der Waals surface area contributed by atoms with Gasteiger partial charge >= 0.3 is 0 Å². The molecule has 1 saturated heterocycles. The van der Waals surface area contributed by atoms with Gasteiger partial charge in [0.05, 0.1) is 19.0 Å². The summed E-state index contributed by atoms with van der Waals surface area (Å²) in [6.07, 6.45) is 7.01. The number of nitrogens with one attached hydrogen (secondary N) is 1. The highest BCUT2D eigenvalue weighted by molar-refractivity contribution is 5.37. The van der Waals surface area contributed by atoms with E-state index < -0.39 is 0 Å². The van der Waals surface area contributed by atoms with E-state index >= 15 is 0 Å². The Balaban J connectivity index is 1.98. The lowest BCUT2D eigenvalue weighted by Gasteiger charge is -2.30. The summed E-state index contributed by atoms with van der Waals surface area (Å²) in [6, 6.07) is 0. The Morgan fingerprint density at radius 2 is 2.10 bits per heavy atom. The quantitative estimate of drug-likeness (QED) is 0.827. The van der Waals surface area contributed by atoms with Crippen LogP contribution in [0, 0.1) is 5.92 Å². The minimum absolute atomic E-state index is 0.633. The molecule has 2 rings (SSSR count). The number of rotatable bonds is 7. The molecule has 0 amide bonds. The summed E-state index contributed by atoms with van der Waals surface area (Å²) in [5.41, 5.74) is 0. The van der Waals surface area contributed by atoms with E-state index in [1.54, 1.807) is 6.20 Å². The fraction of sp³-hybridized carbons (Fsp3) is 0.733. The largest absolute Gasteiger partial charge is 0.477 e. The van der Waals surface area contributed by atoms with Crippen molar-refractivity contribution in [2.24, 2.45) is 5.92 Å². The molecule has 1 aliphatic heterocycles. The number of piperidine rings is 1. The number of aromatic nitrogens is 2. The first kappa shape index (κ1) is 15.0. The van der Waals surface area contributed by atoms with E-state index in [4.69, 9.17) is 4.74 Å². The third-order valence-electron chi connectivity index (χ3n) is 3.70. The number of anilines is 1. The Hall–Kier alpha value is -1.36. The average molecular weight is 278 g/mol. The fourth-order valence-electron chi connectivity index (χ4n) is 2.53. The summed E-state index contributed by atoms with van der Waals surface area (Å²) in [5.74, 6) is 2.31. The lowest BCUT2D eigenvalue weighted by molar-refractivity contribution is 0.303. The Morgan fingerprint density at radius 1 is 1.30 bits per heavy atom. The predicted molar refractivity (Wildman–Crippen MR) is 81.3 cm³/mol. The summed E-state index contributed by atoms with van der Waals surface area (Å²) in [6.45, 7) is 9.23. The normalized spacial score (nSPS) is 16.1. The van der Waals surface area contributed by atoms with Crippen molar-refractivity contribution in [1.29, 1.82) is 0 Å². The van der Waals surface area contributed by atoms with Crippen LogP contribution < -0.4 is 15.0 Å². The summed E-state index contributed by atoms with van der Waals surface area (Å²) >= 11 is 0. The van der Waals surface area contributed by atoms with Gasteiger partial charge in [-0.05, 0) is 45.2 Å². The number of hydrogen-bond acceptors (Lipinski definition) is 5. The molecule has 0 bridgehead atoms. The van der Waals surface area contributed by atoms with Crippen LogP contribution in [-0.4, -0.2) is 42.8 Å². The highest BCUT2D eigenvalue weighted by Crippen LogP contribution is 2.19. The molecule has 1 aliphatic rings. The highest BCUT2D eigenvalue weighted by Gasteiger charge is 2.17. The van der Waals surface area contributed by atoms with Crippen LogP contribution in [0.2, 0.25) is 0 Å². The van der Waals surface area contributed by atoms with Gasteiger partial charge in [0, 0.05) is 13.1 Å². The zero-order valence-corrected chi connectivity index (χ0v) is 12.6. The van der Waals surface area contributed by atoms with Crippen molar-refractivity contribution in [3.63, 3.8) is 0 Å². The van der Waals surface area contributed by atoms with Gasteiger partial charge in [-0.3, -0.25) is 4.98 Å².